The minimum atomic E-state index is -0.360. The maximum atomic E-state index is 11.1. The summed E-state index contributed by atoms with van der Waals surface area (Å²) in [6.45, 7) is 0.964. The number of nitrogens with zero attached hydrogens (tertiary/aromatic N) is 1. The van der Waals surface area contributed by atoms with Gasteiger partial charge in [0.25, 0.3) is 0 Å². The summed E-state index contributed by atoms with van der Waals surface area (Å²) in [7, 11) is 0. The number of benzene rings is 2. The fourth-order valence-corrected chi connectivity index (χ4v) is 2.70. The average Bonchev–Trinajstić information content (AvgIpc) is 2.62. The molecule has 3 rings (SSSR count). The van der Waals surface area contributed by atoms with Crippen molar-refractivity contribution < 1.29 is 9.53 Å². The molecular weight excluding hydrogens is 309 g/mol. The smallest absolute Gasteiger partial charge is 0.223 e. The zero-order chi connectivity index (χ0) is 14.8. The Bertz CT molecular complexity index is 688. The lowest BCUT2D eigenvalue weighted by Gasteiger charge is -2.25. The van der Waals surface area contributed by atoms with Crippen molar-refractivity contribution in [1.29, 1.82) is 0 Å². The average molecular weight is 322 g/mol. The quantitative estimate of drug-likeness (QED) is 0.778. The van der Waals surface area contributed by atoms with Gasteiger partial charge in [0.1, 0.15) is 12.4 Å². The molecule has 1 aliphatic heterocycles. The van der Waals surface area contributed by atoms with Crippen LogP contribution in [0, 0.1) is 0 Å². The van der Waals surface area contributed by atoms with Crippen LogP contribution in [-0.2, 0) is 11.4 Å². The van der Waals surface area contributed by atoms with Crippen LogP contribution in [0.1, 0.15) is 12.0 Å². The second-order valence-electron chi connectivity index (χ2n) is 4.79. The maximum Gasteiger partial charge on any atom is 0.223 e. The number of carbonyl (C=O) groups is 1. The summed E-state index contributed by atoms with van der Waals surface area (Å²) in [5.74, 6) is 0.748. The van der Waals surface area contributed by atoms with Gasteiger partial charge in [-0.1, -0.05) is 29.8 Å². The molecule has 0 aliphatic carbocycles. The Kier molecular flexibility index (Phi) is 4.04. The molecule has 0 atom stereocenters. The molecule has 0 saturated carbocycles. The molecular formula is C16H13Cl2NO2. The lowest BCUT2D eigenvalue weighted by molar-refractivity contribution is -0.111. The maximum absolute atomic E-state index is 11.1. The number of fused-ring (bicyclic) bond motifs is 2. The predicted molar refractivity (Wildman–Crippen MR) is 84.7 cm³/mol. The first kappa shape index (κ1) is 14.2. The Balaban J connectivity index is 2.09. The number of halogens is 2. The van der Waals surface area contributed by atoms with Crippen molar-refractivity contribution in [2.75, 3.05) is 11.4 Å². The lowest BCUT2D eigenvalue weighted by Crippen LogP contribution is -2.20. The second-order valence-corrected chi connectivity index (χ2v) is 5.64. The highest BCUT2D eigenvalue weighted by atomic mass is 35.5. The van der Waals surface area contributed by atoms with Gasteiger partial charge in [0, 0.05) is 29.2 Å². The summed E-state index contributed by atoms with van der Waals surface area (Å²) in [4.78, 5) is 13.2. The van der Waals surface area contributed by atoms with Crippen LogP contribution in [0.4, 0.5) is 11.4 Å². The first-order chi connectivity index (χ1) is 10.1. The minimum absolute atomic E-state index is 0.252. The van der Waals surface area contributed by atoms with Gasteiger partial charge < -0.3 is 9.64 Å². The third-order valence-corrected chi connectivity index (χ3v) is 3.83. The van der Waals surface area contributed by atoms with E-state index in [1.54, 1.807) is 6.07 Å². The zero-order valence-corrected chi connectivity index (χ0v) is 12.7. The van der Waals surface area contributed by atoms with Gasteiger partial charge in [0.15, 0.2) is 0 Å². The van der Waals surface area contributed by atoms with E-state index in [-0.39, 0.29) is 11.7 Å². The first-order valence-corrected chi connectivity index (χ1v) is 7.37. The second kappa shape index (κ2) is 5.96. The van der Waals surface area contributed by atoms with Crippen LogP contribution in [0.15, 0.2) is 42.5 Å². The summed E-state index contributed by atoms with van der Waals surface area (Å²) in [6.07, 6.45) is 0.252. The third kappa shape index (κ3) is 2.99. The van der Waals surface area contributed by atoms with E-state index < -0.39 is 0 Å². The Morgan fingerprint density at radius 1 is 1.19 bits per heavy atom. The fourth-order valence-electron chi connectivity index (χ4n) is 2.45. The summed E-state index contributed by atoms with van der Waals surface area (Å²) in [6, 6.07) is 13.4. The Hall–Kier alpha value is -1.71. The monoisotopic (exact) mass is 321 g/mol. The van der Waals surface area contributed by atoms with E-state index in [1.165, 1.54) is 0 Å². The van der Waals surface area contributed by atoms with Gasteiger partial charge in [-0.2, -0.15) is 0 Å². The van der Waals surface area contributed by atoms with Crippen LogP contribution < -0.4 is 9.64 Å². The van der Waals surface area contributed by atoms with E-state index in [9.17, 15) is 4.79 Å². The number of anilines is 2. The Morgan fingerprint density at radius 2 is 2.00 bits per heavy atom. The van der Waals surface area contributed by atoms with Gasteiger partial charge in [0.05, 0.1) is 5.69 Å². The summed E-state index contributed by atoms with van der Waals surface area (Å²) in [5.41, 5.74) is 2.92. The number of para-hydroxylation sites is 1. The molecule has 0 N–H and O–H groups in total. The normalized spacial score (nSPS) is 13.0. The van der Waals surface area contributed by atoms with E-state index >= 15 is 0 Å². The van der Waals surface area contributed by atoms with Crippen molar-refractivity contribution in [1.82, 2.24) is 0 Å². The van der Waals surface area contributed by atoms with Gasteiger partial charge in [-0.3, -0.25) is 4.79 Å². The van der Waals surface area contributed by atoms with Crippen molar-refractivity contribution in [3.63, 3.8) is 0 Å². The third-order valence-electron chi connectivity index (χ3n) is 3.41. The summed E-state index contributed by atoms with van der Waals surface area (Å²) >= 11 is 11.6. The van der Waals surface area contributed by atoms with E-state index in [4.69, 9.17) is 27.9 Å². The minimum Gasteiger partial charge on any atom is -0.487 e. The molecule has 0 fully saturated rings. The molecule has 0 spiro atoms. The SMILES string of the molecule is O=C(Cl)CCN1c2ccccc2COc2ccc(Cl)cc21. The molecule has 0 amide bonds. The van der Waals surface area contributed by atoms with Crippen molar-refractivity contribution in [2.45, 2.75) is 13.0 Å². The van der Waals surface area contributed by atoms with Crippen molar-refractivity contribution in [3.8, 4) is 5.75 Å². The Labute approximate surface area is 133 Å². The molecule has 0 saturated heterocycles. The molecule has 3 nitrogen and oxygen atoms in total. The number of rotatable bonds is 3. The van der Waals surface area contributed by atoms with Gasteiger partial charge in [0.2, 0.25) is 5.24 Å². The summed E-state index contributed by atoms with van der Waals surface area (Å²) < 4.78 is 5.85. The molecule has 108 valence electrons. The van der Waals surface area contributed by atoms with E-state index in [0.717, 1.165) is 22.7 Å². The molecule has 1 aliphatic rings. The van der Waals surface area contributed by atoms with E-state index in [2.05, 4.69) is 0 Å². The molecule has 2 aromatic carbocycles. The number of carbonyl (C=O) groups excluding carboxylic acids is 1. The number of ether oxygens (including phenoxy) is 1. The zero-order valence-electron chi connectivity index (χ0n) is 11.2. The van der Waals surface area contributed by atoms with Gasteiger partial charge in [-0.05, 0) is 35.9 Å². The molecule has 0 bridgehead atoms. The van der Waals surface area contributed by atoms with Gasteiger partial charge in [-0.15, -0.1) is 0 Å². The summed E-state index contributed by atoms with van der Waals surface area (Å²) in [5, 5.41) is 0.264. The van der Waals surface area contributed by atoms with Crippen LogP contribution in [0.25, 0.3) is 0 Å². The van der Waals surface area contributed by atoms with E-state index in [1.807, 2.05) is 41.3 Å². The predicted octanol–water partition coefficient (Wildman–Crippen LogP) is 4.53. The van der Waals surface area contributed by atoms with Crippen LogP contribution in [0.5, 0.6) is 5.75 Å². The fraction of sp³-hybridized carbons (Fsp3) is 0.188. The number of hydrogen-bond donors (Lipinski definition) is 0. The molecule has 1 heterocycles. The first-order valence-electron chi connectivity index (χ1n) is 6.61. The largest absolute Gasteiger partial charge is 0.487 e. The lowest BCUT2D eigenvalue weighted by atomic mass is 10.1. The van der Waals surface area contributed by atoms with Crippen LogP contribution in [0.3, 0.4) is 0 Å². The van der Waals surface area contributed by atoms with Gasteiger partial charge >= 0.3 is 0 Å². The van der Waals surface area contributed by atoms with Crippen LogP contribution >= 0.6 is 23.2 Å². The highest BCUT2D eigenvalue weighted by Crippen LogP contribution is 2.40. The van der Waals surface area contributed by atoms with Crippen molar-refractivity contribution in [3.05, 3.63) is 53.1 Å². The van der Waals surface area contributed by atoms with Crippen molar-refractivity contribution in [2.24, 2.45) is 0 Å². The molecule has 0 unspecified atom stereocenters. The van der Waals surface area contributed by atoms with Crippen molar-refractivity contribution >= 4 is 39.8 Å². The standard InChI is InChI=1S/C16H13Cl2NO2/c17-12-5-6-15-14(9-12)19(8-7-16(18)20)13-4-2-1-3-11(13)10-21-15/h1-6,9H,7-8,10H2. The molecule has 5 heteroatoms. The highest BCUT2D eigenvalue weighted by molar-refractivity contribution is 6.63. The highest BCUT2D eigenvalue weighted by Gasteiger charge is 2.22. The molecule has 2 aromatic rings. The van der Waals surface area contributed by atoms with Gasteiger partial charge in [-0.25, -0.2) is 0 Å². The molecule has 0 aromatic heterocycles. The van der Waals surface area contributed by atoms with Crippen LogP contribution in [-0.4, -0.2) is 11.8 Å². The van der Waals surface area contributed by atoms with Crippen LogP contribution in [0.2, 0.25) is 5.02 Å². The topological polar surface area (TPSA) is 29.5 Å². The van der Waals surface area contributed by atoms with E-state index in [0.29, 0.717) is 18.2 Å². The molecule has 0 radical (unpaired) electrons. The number of hydrogen-bond acceptors (Lipinski definition) is 3. The Morgan fingerprint density at radius 3 is 2.81 bits per heavy atom. The molecule has 21 heavy (non-hydrogen) atoms.